The second-order valence-electron chi connectivity index (χ2n) is 3.54. The summed E-state index contributed by atoms with van der Waals surface area (Å²) in [6.45, 7) is 0.722. The molecule has 2 rings (SSSR count). The Hall–Kier alpha value is -0.480. The van der Waals surface area contributed by atoms with Crippen LogP contribution in [0.3, 0.4) is 0 Å². The molecule has 0 aliphatic heterocycles. The van der Waals surface area contributed by atoms with Crippen molar-refractivity contribution in [3.05, 3.63) is 22.7 Å². The van der Waals surface area contributed by atoms with E-state index in [9.17, 15) is 0 Å². The Labute approximate surface area is 85.9 Å². The van der Waals surface area contributed by atoms with E-state index >= 15 is 0 Å². The van der Waals surface area contributed by atoms with Gasteiger partial charge in [0.2, 0.25) is 0 Å². The van der Waals surface area contributed by atoms with Gasteiger partial charge in [-0.15, -0.1) is 0 Å². The predicted octanol–water partition coefficient (Wildman–Crippen LogP) is 1.62. The number of halogens is 1. The Morgan fingerprint density at radius 2 is 2.00 bits per heavy atom. The highest BCUT2D eigenvalue weighted by Gasteiger charge is 2.45. The van der Waals surface area contributed by atoms with Gasteiger partial charge in [0.25, 0.3) is 0 Å². The van der Waals surface area contributed by atoms with Crippen LogP contribution in [0.25, 0.3) is 0 Å². The van der Waals surface area contributed by atoms with Gasteiger partial charge in [0.05, 0.1) is 4.47 Å². The molecule has 0 aromatic carbocycles. The first-order valence-electron chi connectivity index (χ1n) is 4.45. The van der Waals surface area contributed by atoms with Crippen molar-refractivity contribution >= 4 is 15.9 Å². The first-order chi connectivity index (χ1) is 6.27. The number of hydrogen-bond donors (Lipinski definition) is 1. The Bertz CT molecular complexity index is 292. The summed E-state index contributed by atoms with van der Waals surface area (Å²) in [5.41, 5.74) is 5.77. The third-order valence-electron chi connectivity index (χ3n) is 2.57. The third kappa shape index (κ3) is 1.74. The minimum absolute atomic E-state index is 0.218. The molecule has 1 aliphatic rings. The van der Waals surface area contributed by atoms with Crippen LogP contribution in [0.5, 0.6) is 0 Å². The highest BCUT2D eigenvalue weighted by atomic mass is 79.9. The lowest BCUT2D eigenvalue weighted by molar-refractivity contribution is 0.587. The summed E-state index contributed by atoms with van der Waals surface area (Å²) in [5.74, 6) is 0.959. The standard InChI is InChI=1S/C9H12BrN3/c10-7-5-12-8(13-6-7)9(1-2-9)3-4-11/h5-6H,1-4,11H2. The average Bonchev–Trinajstić information content (AvgIpc) is 2.87. The van der Waals surface area contributed by atoms with Crippen molar-refractivity contribution in [2.45, 2.75) is 24.7 Å². The summed E-state index contributed by atoms with van der Waals surface area (Å²) in [5, 5.41) is 0. The zero-order valence-electron chi connectivity index (χ0n) is 7.33. The van der Waals surface area contributed by atoms with Crippen molar-refractivity contribution in [1.29, 1.82) is 0 Å². The summed E-state index contributed by atoms with van der Waals surface area (Å²) in [6.07, 6.45) is 6.99. The van der Waals surface area contributed by atoms with Crippen LogP contribution in [0.2, 0.25) is 0 Å². The lowest BCUT2D eigenvalue weighted by atomic mass is 10.0. The highest BCUT2D eigenvalue weighted by molar-refractivity contribution is 9.10. The van der Waals surface area contributed by atoms with Crippen LogP contribution >= 0.6 is 15.9 Å². The van der Waals surface area contributed by atoms with Crippen molar-refractivity contribution < 1.29 is 0 Å². The fourth-order valence-electron chi connectivity index (χ4n) is 1.60. The normalized spacial score (nSPS) is 18.6. The van der Waals surface area contributed by atoms with Gasteiger partial charge in [-0.2, -0.15) is 0 Å². The van der Waals surface area contributed by atoms with Gasteiger partial charge in [0.1, 0.15) is 5.82 Å². The summed E-state index contributed by atoms with van der Waals surface area (Å²) < 4.78 is 0.930. The molecule has 70 valence electrons. The molecule has 0 spiro atoms. The van der Waals surface area contributed by atoms with Gasteiger partial charge in [-0.05, 0) is 41.7 Å². The van der Waals surface area contributed by atoms with Crippen LogP contribution in [-0.4, -0.2) is 16.5 Å². The van der Waals surface area contributed by atoms with Crippen molar-refractivity contribution in [2.75, 3.05) is 6.54 Å². The minimum atomic E-state index is 0.218. The molecule has 1 saturated carbocycles. The minimum Gasteiger partial charge on any atom is -0.330 e. The van der Waals surface area contributed by atoms with Gasteiger partial charge >= 0.3 is 0 Å². The van der Waals surface area contributed by atoms with E-state index in [1.54, 1.807) is 12.4 Å². The van der Waals surface area contributed by atoms with E-state index in [0.29, 0.717) is 0 Å². The molecule has 0 amide bonds. The number of nitrogens with zero attached hydrogens (tertiary/aromatic N) is 2. The Balaban J connectivity index is 2.20. The fraction of sp³-hybridized carbons (Fsp3) is 0.556. The van der Waals surface area contributed by atoms with Crippen LogP contribution in [-0.2, 0) is 5.41 Å². The predicted molar refractivity (Wildman–Crippen MR) is 54.3 cm³/mol. The third-order valence-corrected chi connectivity index (χ3v) is 2.98. The quantitative estimate of drug-likeness (QED) is 0.876. The number of rotatable bonds is 3. The van der Waals surface area contributed by atoms with E-state index in [0.717, 1.165) is 23.3 Å². The molecule has 1 aliphatic carbocycles. The summed E-state index contributed by atoms with van der Waals surface area (Å²) >= 11 is 3.32. The number of nitrogens with two attached hydrogens (primary N) is 1. The van der Waals surface area contributed by atoms with Crippen molar-refractivity contribution in [3.63, 3.8) is 0 Å². The smallest absolute Gasteiger partial charge is 0.134 e. The molecule has 0 unspecified atom stereocenters. The maximum Gasteiger partial charge on any atom is 0.134 e. The molecule has 1 aromatic rings. The van der Waals surface area contributed by atoms with Gasteiger partial charge in [-0.1, -0.05) is 0 Å². The van der Waals surface area contributed by atoms with Crippen LogP contribution in [0.15, 0.2) is 16.9 Å². The van der Waals surface area contributed by atoms with E-state index in [1.165, 1.54) is 12.8 Å². The molecule has 0 bridgehead atoms. The van der Waals surface area contributed by atoms with Crippen LogP contribution < -0.4 is 5.73 Å². The van der Waals surface area contributed by atoms with E-state index in [2.05, 4.69) is 25.9 Å². The first-order valence-corrected chi connectivity index (χ1v) is 5.24. The highest BCUT2D eigenvalue weighted by Crippen LogP contribution is 2.49. The summed E-state index contributed by atoms with van der Waals surface area (Å²) in [6, 6.07) is 0. The van der Waals surface area contributed by atoms with Crippen molar-refractivity contribution in [1.82, 2.24) is 9.97 Å². The second kappa shape index (κ2) is 3.35. The largest absolute Gasteiger partial charge is 0.330 e. The molecule has 3 nitrogen and oxygen atoms in total. The Kier molecular flexibility index (Phi) is 2.34. The maximum absolute atomic E-state index is 5.56. The molecule has 0 radical (unpaired) electrons. The van der Waals surface area contributed by atoms with Crippen molar-refractivity contribution in [3.8, 4) is 0 Å². The first kappa shape index (κ1) is 9.09. The molecule has 0 atom stereocenters. The molecule has 1 fully saturated rings. The molecule has 1 heterocycles. The van der Waals surface area contributed by atoms with Crippen LogP contribution in [0.4, 0.5) is 0 Å². The van der Waals surface area contributed by atoms with E-state index < -0.39 is 0 Å². The summed E-state index contributed by atoms with van der Waals surface area (Å²) in [7, 11) is 0. The van der Waals surface area contributed by atoms with Crippen LogP contribution in [0.1, 0.15) is 25.1 Å². The van der Waals surface area contributed by atoms with Gasteiger partial charge in [0, 0.05) is 17.8 Å². The topological polar surface area (TPSA) is 51.8 Å². The molecular formula is C9H12BrN3. The van der Waals surface area contributed by atoms with Crippen molar-refractivity contribution in [2.24, 2.45) is 5.73 Å². The summed E-state index contributed by atoms with van der Waals surface area (Å²) in [4.78, 5) is 8.64. The second-order valence-corrected chi connectivity index (χ2v) is 4.46. The van der Waals surface area contributed by atoms with Gasteiger partial charge in [-0.3, -0.25) is 0 Å². The van der Waals surface area contributed by atoms with E-state index in [4.69, 9.17) is 5.73 Å². The lowest BCUT2D eigenvalue weighted by Crippen LogP contribution is -2.16. The molecule has 0 saturated heterocycles. The lowest BCUT2D eigenvalue weighted by Gasteiger charge is -2.11. The molecule has 13 heavy (non-hydrogen) atoms. The average molecular weight is 242 g/mol. The SMILES string of the molecule is NCCC1(c2ncc(Br)cn2)CC1. The van der Waals surface area contributed by atoms with Gasteiger partial charge in [0.15, 0.2) is 0 Å². The zero-order valence-corrected chi connectivity index (χ0v) is 8.92. The molecule has 1 aromatic heterocycles. The number of hydrogen-bond acceptors (Lipinski definition) is 3. The molecule has 2 N–H and O–H groups in total. The van der Waals surface area contributed by atoms with E-state index in [1.807, 2.05) is 0 Å². The number of aromatic nitrogens is 2. The van der Waals surface area contributed by atoms with Crippen LogP contribution in [0, 0.1) is 0 Å². The van der Waals surface area contributed by atoms with Gasteiger partial charge in [-0.25, -0.2) is 9.97 Å². The Morgan fingerprint density at radius 1 is 1.38 bits per heavy atom. The van der Waals surface area contributed by atoms with Gasteiger partial charge < -0.3 is 5.73 Å². The molecule has 4 heteroatoms. The maximum atomic E-state index is 5.56. The Morgan fingerprint density at radius 3 is 2.46 bits per heavy atom. The molecular weight excluding hydrogens is 230 g/mol. The van der Waals surface area contributed by atoms with E-state index in [-0.39, 0.29) is 5.41 Å². The monoisotopic (exact) mass is 241 g/mol. The fourth-order valence-corrected chi connectivity index (χ4v) is 1.80. The zero-order chi connectivity index (χ0) is 9.31.